The van der Waals surface area contributed by atoms with Gasteiger partial charge in [-0.2, -0.15) is 0 Å². The standard InChI is InChI=1S/C13H8BrF3O2S/c14-9-4-1-3-8(12(9)17)7-20(18,19)13-10(15)5-2-6-11(13)16/h1-6H,7H2. The molecule has 0 amide bonds. The first-order valence-corrected chi connectivity index (χ1v) is 7.87. The van der Waals surface area contributed by atoms with Crippen LogP contribution in [0.5, 0.6) is 0 Å². The largest absolute Gasteiger partial charge is 0.223 e. The third-order valence-electron chi connectivity index (χ3n) is 2.61. The summed E-state index contributed by atoms with van der Waals surface area (Å²) in [7, 11) is -4.32. The van der Waals surface area contributed by atoms with Crippen LogP contribution in [0.3, 0.4) is 0 Å². The molecule has 0 saturated heterocycles. The summed E-state index contributed by atoms with van der Waals surface area (Å²) >= 11 is 2.92. The zero-order valence-corrected chi connectivity index (χ0v) is 12.3. The van der Waals surface area contributed by atoms with Crippen molar-refractivity contribution in [2.24, 2.45) is 0 Å². The van der Waals surface area contributed by atoms with Gasteiger partial charge in [-0.15, -0.1) is 0 Å². The zero-order valence-electron chi connectivity index (χ0n) is 9.91. The molecule has 106 valence electrons. The highest BCUT2D eigenvalue weighted by Gasteiger charge is 2.25. The highest BCUT2D eigenvalue weighted by Crippen LogP contribution is 2.26. The smallest absolute Gasteiger partial charge is 0.188 e. The molecule has 0 atom stereocenters. The quantitative estimate of drug-likeness (QED) is 0.828. The fourth-order valence-electron chi connectivity index (χ4n) is 1.72. The fourth-order valence-corrected chi connectivity index (χ4v) is 3.63. The van der Waals surface area contributed by atoms with Crippen molar-refractivity contribution in [3.05, 3.63) is 63.9 Å². The minimum atomic E-state index is -4.32. The lowest BCUT2D eigenvalue weighted by molar-refractivity contribution is 0.518. The van der Waals surface area contributed by atoms with E-state index in [9.17, 15) is 21.6 Å². The van der Waals surface area contributed by atoms with E-state index in [0.29, 0.717) is 0 Å². The molecule has 0 aliphatic carbocycles. The van der Waals surface area contributed by atoms with Crippen molar-refractivity contribution >= 4 is 25.8 Å². The van der Waals surface area contributed by atoms with E-state index >= 15 is 0 Å². The molecule has 0 fully saturated rings. The minimum Gasteiger partial charge on any atom is -0.223 e. The normalized spacial score (nSPS) is 11.6. The van der Waals surface area contributed by atoms with Gasteiger partial charge in [-0.25, -0.2) is 21.6 Å². The number of sulfone groups is 1. The molecule has 7 heteroatoms. The molecule has 0 aliphatic rings. The van der Waals surface area contributed by atoms with Gasteiger partial charge in [0.05, 0.1) is 10.2 Å². The maximum atomic E-state index is 13.8. The minimum absolute atomic E-state index is 0.0826. The Morgan fingerprint density at radius 1 is 0.950 bits per heavy atom. The average molecular weight is 365 g/mol. The van der Waals surface area contributed by atoms with Crippen LogP contribution in [0, 0.1) is 17.5 Å². The van der Waals surface area contributed by atoms with E-state index in [2.05, 4.69) is 15.9 Å². The SMILES string of the molecule is O=S(=O)(Cc1cccc(Br)c1F)c1c(F)cccc1F. The van der Waals surface area contributed by atoms with E-state index < -0.39 is 37.9 Å². The maximum Gasteiger partial charge on any atom is 0.188 e. The lowest BCUT2D eigenvalue weighted by atomic mass is 10.2. The Morgan fingerprint density at radius 3 is 2.10 bits per heavy atom. The molecule has 2 aromatic rings. The van der Waals surface area contributed by atoms with Gasteiger partial charge in [-0.1, -0.05) is 18.2 Å². The molecule has 0 unspecified atom stereocenters. The highest BCUT2D eigenvalue weighted by atomic mass is 79.9. The van der Waals surface area contributed by atoms with Crippen LogP contribution in [-0.4, -0.2) is 8.42 Å². The second-order valence-electron chi connectivity index (χ2n) is 4.02. The van der Waals surface area contributed by atoms with Crippen LogP contribution >= 0.6 is 15.9 Å². The molecule has 0 saturated carbocycles. The summed E-state index contributed by atoms with van der Waals surface area (Å²) in [6, 6.07) is 6.82. The Balaban J connectivity index is 2.50. The molecule has 0 spiro atoms. The molecule has 2 aromatic carbocycles. The van der Waals surface area contributed by atoms with Gasteiger partial charge in [0.15, 0.2) is 9.84 Å². The van der Waals surface area contributed by atoms with Crippen LogP contribution < -0.4 is 0 Å². The Labute approximate surface area is 122 Å². The molecule has 0 bridgehead atoms. The maximum absolute atomic E-state index is 13.8. The van der Waals surface area contributed by atoms with Gasteiger partial charge in [-0.05, 0) is 34.1 Å². The van der Waals surface area contributed by atoms with E-state index in [1.165, 1.54) is 18.2 Å². The number of halogens is 4. The molecule has 0 N–H and O–H groups in total. The van der Waals surface area contributed by atoms with Gasteiger partial charge < -0.3 is 0 Å². The van der Waals surface area contributed by atoms with E-state index in [-0.39, 0.29) is 10.0 Å². The van der Waals surface area contributed by atoms with Crippen LogP contribution in [0.4, 0.5) is 13.2 Å². The Kier molecular flexibility index (Phi) is 4.19. The van der Waals surface area contributed by atoms with Crippen LogP contribution in [0.2, 0.25) is 0 Å². The summed E-state index contributed by atoms with van der Waals surface area (Å²) in [4.78, 5) is -1.04. The fraction of sp³-hybridized carbons (Fsp3) is 0.0769. The molecule has 0 aliphatic heterocycles. The average Bonchev–Trinajstić information content (AvgIpc) is 2.34. The van der Waals surface area contributed by atoms with Gasteiger partial charge in [0.1, 0.15) is 22.3 Å². The summed E-state index contributed by atoms with van der Waals surface area (Å²) in [6.45, 7) is 0. The second kappa shape index (κ2) is 5.57. The molecule has 20 heavy (non-hydrogen) atoms. The summed E-state index contributed by atoms with van der Waals surface area (Å²) in [5.74, 6) is -3.98. The molecule has 0 aromatic heterocycles. The molecular formula is C13H8BrF3O2S. The monoisotopic (exact) mass is 364 g/mol. The van der Waals surface area contributed by atoms with Gasteiger partial charge in [-0.3, -0.25) is 0 Å². The second-order valence-corrected chi connectivity index (χ2v) is 6.80. The topological polar surface area (TPSA) is 34.1 Å². The van der Waals surface area contributed by atoms with E-state index in [1.807, 2.05) is 0 Å². The summed E-state index contributed by atoms with van der Waals surface area (Å²) in [6.07, 6.45) is 0. The highest BCUT2D eigenvalue weighted by molar-refractivity contribution is 9.10. The van der Waals surface area contributed by atoms with E-state index in [0.717, 1.165) is 18.2 Å². The third kappa shape index (κ3) is 2.88. The summed E-state index contributed by atoms with van der Waals surface area (Å²) in [5.41, 5.74) is -0.165. The predicted molar refractivity (Wildman–Crippen MR) is 71.3 cm³/mol. The Bertz CT molecular complexity index is 740. The molecule has 0 heterocycles. The van der Waals surface area contributed by atoms with Gasteiger partial charge >= 0.3 is 0 Å². The molecule has 2 rings (SSSR count). The molecule has 0 radical (unpaired) electrons. The van der Waals surface area contributed by atoms with Crippen molar-refractivity contribution in [3.8, 4) is 0 Å². The van der Waals surface area contributed by atoms with Gasteiger partial charge in [0.25, 0.3) is 0 Å². The first-order chi connectivity index (χ1) is 9.33. The zero-order chi connectivity index (χ0) is 14.9. The van der Waals surface area contributed by atoms with Crippen molar-refractivity contribution in [3.63, 3.8) is 0 Å². The number of hydrogen-bond donors (Lipinski definition) is 0. The van der Waals surface area contributed by atoms with Crippen LogP contribution in [0.25, 0.3) is 0 Å². The Morgan fingerprint density at radius 2 is 1.50 bits per heavy atom. The summed E-state index contributed by atoms with van der Waals surface area (Å²) < 4.78 is 64.9. The van der Waals surface area contributed by atoms with Crippen molar-refractivity contribution in [2.45, 2.75) is 10.6 Å². The molecule has 2 nitrogen and oxygen atoms in total. The van der Waals surface area contributed by atoms with Crippen molar-refractivity contribution < 1.29 is 21.6 Å². The Hall–Kier alpha value is -1.34. The van der Waals surface area contributed by atoms with Crippen molar-refractivity contribution in [1.82, 2.24) is 0 Å². The van der Waals surface area contributed by atoms with Crippen molar-refractivity contribution in [2.75, 3.05) is 0 Å². The molecular weight excluding hydrogens is 357 g/mol. The van der Waals surface area contributed by atoms with Crippen LogP contribution in [0.1, 0.15) is 5.56 Å². The lowest BCUT2D eigenvalue weighted by Crippen LogP contribution is -2.11. The number of rotatable bonds is 3. The van der Waals surface area contributed by atoms with E-state index in [4.69, 9.17) is 0 Å². The third-order valence-corrected chi connectivity index (χ3v) is 4.92. The first kappa shape index (κ1) is 15.1. The van der Waals surface area contributed by atoms with Crippen LogP contribution in [0.15, 0.2) is 45.8 Å². The van der Waals surface area contributed by atoms with E-state index in [1.54, 1.807) is 0 Å². The predicted octanol–water partition coefficient (Wildman–Crippen LogP) is 3.84. The first-order valence-electron chi connectivity index (χ1n) is 5.42. The lowest BCUT2D eigenvalue weighted by Gasteiger charge is -2.08. The van der Waals surface area contributed by atoms with Gasteiger partial charge in [0.2, 0.25) is 0 Å². The van der Waals surface area contributed by atoms with Crippen molar-refractivity contribution in [1.29, 1.82) is 0 Å². The summed E-state index contributed by atoms with van der Waals surface area (Å²) in [5, 5.41) is 0. The number of benzene rings is 2. The van der Waals surface area contributed by atoms with Gasteiger partial charge in [0, 0.05) is 5.56 Å². The van der Waals surface area contributed by atoms with Crippen LogP contribution in [-0.2, 0) is 15.6 Å². The number of hydrogen-bond acceptors (Lipinski definition) is 2.